The van der Waals surface area contributed by atoms with Crippen LogP contribution >= 0.6 is 0 Å². The van der Waals surface area contributed by atoms with Gasteiger partial charge in [0.15, 0.2) is 0 Å². The van der Waals surface area contributed by atoms with Gasteiger partial charge >= 0.3 is 0 Å². The summed E-state index contributed by atoms with van der Waals surface area (Å²) >= 11 is 0. The molecule has 0 aromatic heterocycles. The molecule has 0 bridgehead atoms. The Morgan fingerprint density at radius 3 is 2.56 bits per heavy atom. The summed E-state index contributed by atoms with van der Waals surface area (Å²) in [6.45, 7) is 8.85. The van der Waals surface area contributed by atoms with Crippen molar-refractivity contribution in [2.75, 3.05) is 13.1 Å². The Morgan fingerprint density at radius 2 is 1.94 bits per heavy atom. The van der Waals surface area contributed by atoms with E-state index in [0.29, 0.717) is 0 Å². The molecule has 1 aliphatic heterocycles. The van der Waals surface area contributed by atoms with Gasteiger partial charge in [0.25, 0.3) is 0 Å². The zero-order valence-corrected chi connectivity index (χ0v) is 11.1. The minimum Gasteiger partial charge on any atom is -0.389 e. The van der Waals surface area contributed by atoms with Crippen molar-refractivity contribution >= 4 is 0 Å². The third kappa shape index (κ3) is 2.78. The molecule has 0 amide bonds. The van der Waals surface area contributed by atoms with Gasteiger partial charge in [-0.25, -0.2) is 0 Å². The van der Waals surface area contributed by atoms with Crippen molar-refractivity contribution in [3.8, 4) is 0 Å². The average Bonchev–Trinajstić information content (AvgIpc) is 2.20. The van der Waals surface area contributed by atoms with E-state index in [9.17, 15) is 5.11 Å². The van der Waals surface area contributed by atoms with Crippen molar-refractivity contribution in [3.63, 3.8) is 0 Å². The number of nitrogens with zero attached hydrogens (tertiary/aromatic N) is 1. The molecule has 0 spiro atoms. The first-order chi connectivity index (χ1) is 7.48. The van der Waals surface area contributed by atoms with E-state index in [1.165, 1.54) is 25.8 Å². The molecule has 2 fully saturated rings. The molecular formula is C14H27NO. The van der Waals surface area contributed by atoms with Crippen molar-refractivity contribution in [1.29, 1.82) is 0 Å². The fourth-order valence-corrected chi connectivity index (χ4v) is 3.42. The Bertz CT molecular complexity index is 239. The van der Waals surface area contributed by atoms with Gasteiger partial charge in [0.1, 0.15) is 0 Å². The van der Waals surface area contributed by atoms with Crippen LogP contribution in [0.25, 0.3) is 0 Å². The lowest BCUT2D eigenvalue weighted by molar-refractivity contribution is -0.0406. The summed E-state index contributed by atoms with van der Waals surface area (Å²) in [5.41, 5.74) is -0.440. The van der Waals surface area contributed by atoms with Gasteiger partial charge in [-0.15, -0.1) is 0 Å². The lowest BCUT2D eigenvalue weighted by Gasteiger charge is -2.45. The number of piperidine rings is 1. The summed E-state index contributed by atoms with van der Waals surface area (Å²) in [6.07, 6.45) is 6.17. The van der Waals surface area contributed by atoms with E-state index >= 15 is 0 Å². The zero-order chi connectivity index (χ0) is 11.8. The molecule has 1 aliphatic carbocycles. The monoisotopic (exact) mass is 225 g/mol. The number of aliphatic hydroxyl groups is 1. The van der Waals surface area contributed by atoms with E-state index in [-0.39, 0.29) is 0 Å². The molecule has 0 radical (unpaired) electrons. The van der Waals surface area contributed by atoms with Crippen LogP contribution < -0.4 is 0 Å². The van der Waals surface area contributed by atoms with E-state index in [1.807, 2.05) is 6.92 Å². The van der Waals surface area contributed by atoms with E-state index in [1.54, 1.807) is 0 Å². The van der Waals surface area contributed by atoms with E-state index in [0.717, 1.165) is 37.3 Å². The molecule has 0 aromatic rings. The van der Waals surface area contributed by atoms with Gasteiger partial charge in [-0.05, 0) is 57.4 Å². The highest BCUT2D eigenvalue weighted by Gasteiger charge is 2.34. The molecule has 1 saturated heterocycles. The maximum Gasteiger partial charge on any atom is 0.0746 e. The number of β-amino-alcohol motifs (C(OH)–C–C–N with tert-alkyl or cyclic N) is 1. The molecule has 1 saturated carbocycles. The first-order valence-electron chi connectivity index (χ1n) is 6.94. The normalized spacial score (nSPS) is 46.9. The smallest absolute Gasteiger partial charge is 0.0746 e. The molecule has 94 valence electrons. The summed E-state index contributed by atoms with van der Waals surface area (Å²) in [4.78, 5) is 2.55. The second-order valence-corrected chi connectivity index (χ2v) is 6.49. The molecule has 1 N–H and O–H groups in total. The van der Waals surface area contributed by atoms with Crippen molar-refractivity contribution < 1.29 is 5.11 Å². The first-order valence-corrected chi connectivity index (χ1v) is 6.94. The summed E-state index contributed by atoms with van der Waals surface area (Å²) in [5, 5.41) is 10.2. The van der Waals surface area contributed by atoms with Crippen LogP contribution in [0.2, 0.25) is 0 Å². The maximum atomic E-state index is 10.2. The number of rotatable bonds is 1. The molecule has 16 heavy (non-hydrogen) atoms. The largest absolute Gasteiger partial charge is 0.389 e. The molecule has 4 unspecified atom stereocenters. The van der Waals surface area contributed by atoms with Crippen LogP contribution in [0.15, 0.2) is 0 Å². The Hall–Kier alpha value is -0.0800. The van der Waals surface area contributed by atoms with Gasteiger partial charge in [0, 0.05) is 12.6 Å². The molecule has 2 heteroatoms. The Kier molecular flexibility index (Phi) is 3.60. The number of hydrogen-bond donors (Lipinski definition) is 1. The van der Waals surface area contributed by atoms with Crippen LogP contribution in [0.5, 0.6) is 0 Å². The Labute approximate surface area is 100 Å². The lowest BCUT2D eigenvalue weighted by Crippen LogP contribution is -2.51. The van der Waals surface area contributed by atoms with Crippen LogP contribution in [0.1, 0.15) is 52.9 Å². The van der Waals surface area contributed by atoms with E-state index in [4.69, 9.17) is 0 Å². The SMILES string of the molecule is CC1CCC(N2CCCC(C)(O)C2)CC1C. The fraction of sp³-hybridized carbons (Fsp3) is 1.00. The van der Waals surface area contributed by atoms with E-state index in [2.05, 4.69) is 18.7 Å². The van der Waals surface area contributed by atoms with Gasteiger partial charge < -0.3 is 5.11 Å². The summed E-state index contributed by atoms with van der Waals surface area (Å²) < 4.78 is 0. The highest BCUT2D eigenvalue weighted by Crippen LogP contribution is 2.34. The zero-order valence-electron chi connectivity index (χ0n) is 11.1. The lowest BCUT2D eigenvalue weighted by atomic mass is 9.78. The highest BCUT2D eigenvalue weighted by atomic mass is 16.3. The van der Waals surface area contributed by atoms with Gasteiger partial charge in [-0.1, -0.05) is 13.8 Å². The minimum atomic E-state index is -0.440. The standard InChI is InChI=1S/C14H27NO/c1-11-5-6-13(9-12(11)2)15-8-4-7-14(3,16)10-15/h11-13,16H,4-10H2,1-3H3. The molecular weight excluding hydrogens is 198 g/mol. The van der Waals surface area contributed by atoms with Crippen LogP contribution in [0, 0.1) is 11.8 Å². The second kappa shape index (κ2) is 4.66. The van der Waals surface area contributed by atoms with Gasteiger partial charge in [0.05, 0.1) is 5.60 Å². The van der Waals surface area contributed by atoms with Gasteiger partial charge in [0.2, 0.25) is 0 Å². The van der Waals surface area contributed by atoms with Crippen molar-refractivity contribution in [2.45, 2.75) is 64.5 Å². The predicted octanol–water partition coefficient (Wildman–Crippen LogP) is 2.66. The first kappa shape index (κ1) is 12.4. The molecule has 1 heterocycles. The van der Waals surface area contributed by atoms with Crippen LogP contribution in [0.4, 0.5) is 0 Å². The molecule has 4 atom stereocenters. The van der Waals surface area contributed by atoms with Gasteiger partial charge in [-0.3, -0.25) is 4.90 Å². The minimum absolute atomic E-state index is 0.440. The average molecular weight is 225 g/mol. The summed E-state index contributed by atoms with van der Waals surface area (Å²) in [5.74, 6) is 1.74. The van der Waals surface area contributed by atoms with Crippen LogP contribution in [0.3, 0.4) is 0 Å². The Morgan fingerprint density at radius 1 is 1.19 bits per heavy atom. The fourth-order valence-electron chi connectivity index (χ4n) is 3.42. The third-order valence-corrected chi connectivity index (χ3v) is 4.79. The highest BCUT2D eigenvalue weighted by molar-refractivity contribution is 4.89. The van der Waals surface area contributed by atoms with E-state index < -0.39 is 5.60 Å². The number of hydrogen-bond acceptors (Lipinski definition) is 2. The van der Waals surface area contributed by atoms with Gasteiger partial charge in [-0.2, -0.15) is 0 Å². The third-order valence-electron chi connectivity index (χ3n) is 4.79. The molecule has 2 rings (SSSR count). The molecule has 2 nitrogen and oxygen atoms in total. The topological polar surface area (TPSA) is 23.5 Å². The predicted molar refractivity (Wildman–Crippen MR) is 67.4 cm³/mol. The maximum absolute atomic E-state index is 10.2. The summed E-state index contributed by atoms with van der Waals surface area (Å²) in [7, 11) is 0. The van der Waals surface area contributed by atoms with Crippen LogP contribution in [-0.2, 0) is 0 Å². The molecule has 2 aliphatic rings. The van der Waals surface area contributed by atoms with Crippen molar-refractivity contribution in [2.24, 2.45) is 11.8 Å². The van der Waals surface area contributed by atoms with Crippen molar-refractivity contribution in [1.82, 2.24) is 4.90 Å². The second-order valence-electron chi connectivity index (χ2n) is 6.49. The quantitative estimate of drug-likeness (QED) is 0.741. The van der Waals surface area contributed by atoms with Crippen LogP contribution in [-0.4, -0.2) is 34.7 Å². The Balaban J connectivity index is 1.92. The molecule has 0 aromatic carbocycles. The summed E-state index contributed by atoms with van der Waals surface area (Å²) in [6, 6.07) is 0.734. The van der Waals surface area contributed by atoms with Crippen molar-refractivity contribution in [3.05, 3.63) is 0 Å². The number of likely N-dealkylation sites (tertiary alicyclic amines) is 1.